The maximum atomic E-state index is 11.8. The molecule has 1 atom stereocenters. The Morgan fingerprint density at radius 3 is 2.58 bits per heavy atom. The van der Waals surface area contributed by atoms with Gasteiger partial charge in [-0.25, -0.2) is 9.59 Å². The number of carboxylic acid groups (broad SMARTS) is 1. The molecule has 0 aliphatic heterocycles. The highest BCUT2D eigenvalue weighted by molar-refractivity contribution is 6.33. The SMILES string of the molecule is CCC(C)(NC(=O)Nc1cc(C)ccc1Cl)C(=O)O. The fourth-order valence-electron chi connectivity index (χ4n) is 1.43. The van der Waals surface area contributed by atoms with Crippen molar-refractivity contribution in [3.63, 3.8) is 0 Å². The molecule has 1 aromatic carbocycles. The number of aliphatic carboxylic acids is 1. The van der Waals surface area contributed by atoms with Gasteiger partial charge < -0.3 is 15.7 Å². The molecule has 3 N–H and O–H groups in total. The fraction of sp³-hybridized carbons (Fsp3) is 0.385. The van der Waals surface area contributed by atoms with Gasteiger partial charge in [-0.2, -0.15) is 0 Å². The maximum Gasteiger partial charge on any atom is 0.329 e. The van der Waals surface area contributed by atoms with E-state index >= 15 is 0 Å². The van der Waals surface area contributed by atoms with E-state index in [0.717, 1.165) is 5.56 Å². The minimum Gasteiger partial charge on any atom is -0.480 e. The second-order valence-corrected chi connectivity index (χ2v) is 4.96. The van der Waals surface area contributed by atoms with E-state index in [1.54, 1.807) is 19.1 Å². The van der Waals surface area contributed by atoms with E-state index in [4.69, 9.17) is 16.7 Å². The summed E-state index contributed by atoms with van der Waals surface area (Å²) in [5.74, 6) is -1.08. The first-order valence-corrected chi connectivity index (χ1v) is 6.25. The molecule has 0 aromatic heterocycles. The minimum absolute atomic E-state index is 0.275. The molecule has 0 aliphatic carbocycles. The first kappa shape index (κ1) is 15.3. The van der Waals surface area contributed by atoms with Crippen LogP contribution in [0.4, 0.5) is 10.5 Å². The number of aryl methyl sites for hydroxylation is 1. The average molecular weight is 285 g/mol. The van der Waals surface area contributed by atoms with Crippen LogP contribution in [0.5, 0.6) is 0 Å². The summed E-state index contributed by atoms with van der Waals surface area (Å²) < 4.78 is 0. The summed E-state index contributed by atoms with van der Waals surface area (Å²) in [7, 11) is 0. The molecule has 1 rings (SSSR count). The quantitative estimate of drug-likeness (QED) is 0.795. The van der Waals surface area contributed by atoms with Crippen molar-refractivity contribution in [2.24, 2.45) is 0 Å². The van der Waals surface area contributed by atoms with Gasteiger partial charge in [0.05, 0.1) is 10.7 Å². The number of amides is 2. The second-order valence-electron chi connectivity index (χ2n) is 4.55. The Hall–Kier alpha value is -1.75. The second kappa shape index (κ2) is 5.93. The van der Waals surface area contributed by atoms with Crippen LogP contribution in [0.15, 0.2) is 18.2 Å². The number of hydrogen-bond acceptors (Lipinski definition) is 2. The zero-order valence-corrected chi connectivity index (χ0v) is 11.8. The van der Waals surface area contributed by atoms with Crippen LogP contribution in [-0.2, 0) is 4.79 Å². The Balaban J connectivity index is 2.80. The summed E-state index contributed by atoms with van der Waals surface area (Å²) in [5, 5.41) is 14.5. The van der Waals surface area contributed by atoms with E-state index in [0.29, 0.717) is 10.7 Å². The highest BCUT2D eigenvalue weighted by Crippen LogP contribution is 2.22. The summed E-state index contributed by atoms with van der Waals surface area (Å²) in [6.07, 6.45) is 0.275. The molecule has 6 heteroatoms. The van der Waals surface area contributed by atoms with E-state index in [1.807, 2.05) is 13.0 Å². The summed E-state index contributed by atoms with van der Waals surface area (Å²) in [6, 6.07) is 4.60. The van der Waals surface area contributed by atoms with Gasteiger partial charge in [0.15, 0.2) is 0 Å². The Morgan fingerprint density at radius 1 is 1.42 bits per heavy atom. The summed E-state index contributed by atoms with van der Waals surface area (Å²) >= 11 is 5.95. The lowest BCUT2D eigenvalue weighted by Gasteiger charge is -2.24. The van der Waals surface area contributed by atoms with Crippen LogP contribution in [0.2, 0.25) is 5.02 Å². The zero-order valence-electron chi connectivity index (χ0n) is 11.1. The van der Waals surface area contributed by atoms with E-state index in [2.05, 4.69) is 10.6 Å². The molecule has 0 saturated heterocycles. The number of halogens is 1. The number of benzene rings is 1. The van der Waals surface area contributed by atoms with Crippen LogP contribution in [0, 0.1) is 6.92 Å². The first-order valence-electron chi connectivity index (χ1n) is 5.87. The number of nitrogens with one attached hydrogen (secondary N) is 2. The van der Waals surface area contributed by atoms with Gasteiger partial charge in [0, 0.05) is 0 Å². The molecule has 2 amide bonds. The van der Waals surface area contributed by atoms with Crippen molar-refractivity contribution >= 4 is 29.3 Å². The molecule has 0 fully saturated rings. The standard InChI is InChI=1S/C13H17ClN2O3/c1-4-13(3,11(17)18)16-12(19)15-10-7-8(2)5-6-9(10)14/h5-7H,4H2,1-3H3,(H,17,18)(H2,15,16,19). The van der Waals surface area contributed by atoms with Crippen LogP contribution < -0.4 is 10.6 Å². The van der Waals surface area contributed by atoms with Gasteiger partial charge in [0.1, 0.15) is 5.54 Å². The molecule has 104 valence electrons. The number of hydrogen-bond donors (Lipinski definition) is 3. The van der Waals surface area contributed by atoms with E-state index in [9.17, 15) is 9.59 Å². The lowest BCUT2D eigenvalue weighted by molar-refractivity contribution is -0.143. The third kappa shape index (κ3) is 3.86. The van der Waals surface area contributed by atoms with Gasteiger partial charge in [-0.1, -0.05) is 24.6 Å². The van der Waals surface area contributed by atoms with E-state index < -0.39 is 17.5 Å². The summed E-state index contributed by atoms with van der Waals surface area (Å²) in [4.78, 5) is 22.9. The normalized spacial score (nSPS) is 13.5. The van der Waals surface area contributed by atoms with Crippen LogP contribution in [0.25, 0.3) is 0 Å². The maximum absolute atomic E-state index is 11.8. The van der Waals surface area contributed by atoms with E-state index in [-0.39, 0.29) is 6.42 Å². The predicted octanol–water partition coefficient (Wildman–Crippen LogP) is 3.02. The monoisotopic (exact) mass is 284 g/mol. The van der Waals surface area contributed by atoms with Crippen molar-refractivity contribution in [2.75, 3.05) is 5.32 Å². The molecule has 0 aliphatic rings. The molecule has 0 saturated carbocycles. The van der Waals surface area contributed by atoms with Crippen molar-refractivity contribution in [1.82, 2.24) is 5.32 Å². The van der Waals surface area contributed by atoms with Gasteiger partial charge >= 0.3 is 12.0 Å². The van der Waals surface area contributed by atoms with Crippen molar-refractivity contribution in [3.8, 4) is 0 Å². The third-order valence-electron chi connectivity index (χ3n) is 2.94. The van der Waals surface area contributed by atoms with Crippen LogP contribution in [0.3, 0.4) is 0 Å². The van der Waals surface area contributed by atoms with E-state index in [1.165, 1.54) is 6.92 Å². The highest BCUT2D eigenvalue weighted by Gasteiger charge is 2.32. The van der Waals surface area contributed by atoms with Crippen molar-refractivity contribution in [3.05, 3.63) is 28.8 Å². The fourth-order valence-corrected chi connectivity index (χ4v) is 1.60. The summed E-state index contributed by atoms with van der Waals surface area (Å²) in [5.41, 5.74) is 0.0830. The number of carbonyl (C=O) groups excluding carboxylic acids is 1. The largest absolute Gasteiger partial charge is 0.480 e. The molecule has 0 heterocycles. The molecule has 0 radical (unpaired) electrons. The molecular weight excluding hydrogens is 268 g/mol. The van der Waals surface area contributed by atoms with Crippen molar-refractivity contribution in [2.45, 2.75) is 32.7 Å². The predicted molar refractivity (Wildman–Crippen MR) is 74.7 cm³/mol. The highest BCUT2D eigenvalue weighted by atomic mass is 35.5. The van der Waals surface area contributed by atoms with Gasteiger partial charge in [0.2, 0.25) is 0 Å². The number of urea groups is 1. The number of anilines is 1. The molecule has 1 aromatic rings. The molecule has 0 bridgehead atoms. The van der Waals surface area contributed by atoms with Crippen LogP contribution in [-0.4, -0.2) is 22.6 Å². The Morgan fingerprint density at radius 2 is 2.05 bits per heavy atom. The van der Waals surface area contributed by atoms with Gasteiger partial charge in [0.25, 0.3) is 0 Å². The van der Waals surface area contributed by atoms with Crippen LogP contribution in [0.1, 0.15) is 25.8 Å². The topological polar surface area (TPSA) is 78.4 Å². The third-order valence-corrected chi connectivity index (χ3v) is 3.27. The smallest absolute Gasteiger partial charge is 0.329 e. The number of carbonyl (C=O) groups is 2. The first-order chi connectivity index (χ1) is 8.78. The van der Waals surface area contributed by atoms with Gasteiger partial charge in [-0.05, 0) is 38.0 Å². The molecular formula is C13H17ClN2O3. The molecule has 19 heavy (non-hydrogen) atoms. The molecule has 5 nitrogen and oxygen atoms in total. The average Bonchev–Trinajstić information content (AvgIpc) is 2.33. The molecule has 0 spiro atoms. The Bertz CT molecular complexity index is 505. The lowest BCUT2D eigenvalue weighted by atomic mass is 10.00. The Labute approximate surface area is 117 Å². The lowest BCUT2D eigenvalue weighted by Crippen LogP contribution is -2.53. The minimum atomic E-state index is -1.31. The van der Waals surface area contributed by atoms with Gasteiger partial charge in [-0.3, -0.25) is 0 Å². The molecule has 1 unspecified atom stereocenters. The number of carboxylic acids is 1. The Kier molecular flexibility index (Phi) is 4.78. The number of rotatable bonds is 4. The van der Waals surface area contributed by atoms with Gasteiger partial charge in [-0.15, -0.1) is 0 Å². The summed E-state index contributed by atoms with van der Waals surface area (Å²) in [6.45, 7) is 5.01. The van der Waals surface area contributed by atoms with Crippen molar-refractivity contribution in [1.29, 1.82) is 0 Å². The van der Waals surface area contributed by atoms with Crippen LogP contribution >= 0.6 is 11.6 Å². The zero-order chi connectivity index (χ0) is 14.6. The van der Waals surface area contributed by atoms with Crippen molar-refractivity contribution < 1.29 is 14.7 Å².